The molecule has 4 N–H and O–H groups in total. The smallest absolute Gasteiger partial charge is 0.489 e. The van der Waals surface area contributed by atoms with Gasteiger partial charge in [0.25, 0.3) is 5.91 Å². The van der Waals surface area contributed by atoms with Gasteiger partial charge in [-0.1, -0.05) is 35.5 Å². The number of nitrogens with one attached hydrogen (secondary N) is 2. The lowest BCUT2D eigenvalue weighted by Gasteiger charge is -2.36. The molecule has 4 heterocycles. The lowest BCUT2D eigenvalue weighted by Crippen LogP contribution is -2.52. The van der Waals surface area contributed by atoms with Gasteiger partial charge in [0.15, 0.2) is 11.1 Å². The first-order valence-corrected chi connectivity index (χ1v) is 15.6. The van der Waals surface area contributed by atoms with E-state index in [2.05, 4.69) is 37.8 Å². The second-order valence-electron chi connectivity index (χ2n) is 12.1. The highest BCUT2D eigenvalue weighted by molar-refractivity contribution is 6.22. The summed E-state index contributed by atoms with van der Waals surface area (Å²) in [4.78, 5) is 55.3. The van der Waals surface area contributed by atoms with Crippen LogP contribution in [0.1, 0.15) is 30.2 Å². The van der Waals surface area contributed by atoms with Crippen molar-refractivity contribution in [2.75, 3.05) is 32.8 Å². The summed E-state index contributed by atoms with van der Waals surface area (Å²) in [7, 11) is 0. The molecule has 2 aromatic carbocycles. The second kappa shape index (κ2) is 16.0. The first kappa shape index (κ1) is 40.3. The summed E-state index contributed by atoms with van der Waals surface area (Å²) in [6, 6.07) is 17.4. The molecule has 2 unspecified atom stereocenters. The number of fused-ring (bicyclic) bond motifs is 1. The molecule has 2 saturated heterocycles. The Morgan fingerprint density at radius 1 is 0.962 bits per heavy atom. The van der Waals surface area contributed by atoms with E-state index in [1.54, 1.807) is 6.92 Å². The first-order chi connectivity index (χ1) is 24.7. The van der Waals surface area contributed by atoms with Crippen molar-refractivity contribution >= 4 is 40.5 Å². The molecule has 0 bridgehead atoms. The highest BCUT2D eigenvalue weighted by Gasteiger charge is 2.54. The van der Waals surface area contributed by atoms with Gasteiger partial charge in [0, 0.05) is 48.3 Å². The number of rotatable bonds is 7. The standard InChI is InChI=1S/C29H31N5O5.2C2HF3O2/c1-19-15-20(23-5-3-4-6-24(23)30-19)17-38-22-9-7-21(8-10-22)29(18-34-11-13-37-14-12-34)16-25(33-39-29)28(2)26(35)31-27(36)32-28;2*3-2(4,5)1(6)7/h3-10,15H,11-14,16-18H2,1-2H3,(H2,31,32,35,36);2*(H,6,7). The zero-order chi connectivity index (χ0) is 39.2. The Bertz CT molecular complexity index is 1840. The van der Waals surface area contributed by atoms with E-state index in [9.17, 15) is 35.9 Å². The summed E-state index contributed by atoms with van der Waals surface area (Å²) in [6.07, 6.45) is -9.81. The van der Waals surface area contributed by atoms with Crippen molar-refractivity contribution in [1.29, 1.82) is 0 Å². The molecule has 286 valence electrons. The van der Waals surface area contributed by atoms with Crippen LogP contribution in [0, 0.1) is 6.92 Å². The summed E-state index contributed by atoms with van der Waals surface area (Å²) < 4.78 is 75.2. The maximum atomic E-state index is 12.6. The van der Waals surface area contributed by atoms with Crippen molar-refractivity contribution in [1.82, 2.24) is 20.5 Å². The number of pyridine rings is 1. The molecular weight excluding hydrogens is 724 g/mol. The summed E-state index contributed by atoms with van der Waals surface area (Å²) in [6.45, 7) is 7.46. The molecule has 6 rings (SSSR count). The van der Waals surface area contributed by atoms with Gasteiger partial charge >= 0.3 is 30.3 Å². The van der Waals surface area contributed by atoms with Crippen molar-refractivity contribution in [3.8, 4) is 5.75 Å². The third-order valence-electron chi connectivity index (χ3n) is 8.18. The van der Waals surface area contributed by atoms with Crippen molar-refractivity contribution in [3.05, 3.63) is 71.4 Å². The zero-order valence-electron chi connectivity index (χ0n) is 28.0. The number of para-hydroxylation sites is 1. The number of imide groups is 1. The van der Waals surface area contributed by atoms with Crippen LogP contribution in [0.3, 0.4) is 0 Å². The quantitative estimate of drug-likeness (QED) is 0.199. The number of carbonyl (C=O) groups excluding carboxylic acids is 2. The minimum Gasteiger partial charge on any atom is -0.489 e. The van der Waals surface area contributed by atoms with E-state index in [1.165, 1.54) is 0 Å². The summed E-state index contributed by atoms with van der Waals surface area (Å²) in [5, 5.41) is 24.7. The third kappa shape index (κ3) is 10.1. The van der Waals surface area contributed by atoms with Crippen molar-refractivity contribution < 1.29 is 70.0 Å². The summed E-state index contributed by atoms with van der Waals surface area (Å²) in [5.41, 5.74) is 2.30. The van der Waals surface area contributed by atoms with Crippen LogP contribution >= 0.6 is 0 Å². The Balaban J connectivity index is 0.000000381. The highest BCUT2D eigenvalue weighted by Crippen LogP contribution is 2.40. The van der Waals surface area contributed by atoms with E-state index in [0.29, 0.717) is 38.5 Å². The lowest BCUT2D eigenvalue weighted by atomic mass is 9.82. The number of halogens is 6. The second-order valence-corrected chi connectivity index (χ2v) is 12.1. The van der Waals surface area contributed by atoms with E-state index in [-0.39, 0.29) is 0 Å². The fourth-order valence-corrected chi connectivity index (χ4v) is 5.47. The SMILES string of the molecule is Cc1cc(COc2ccc(C3(CN4CCOCC4)CC(C4(C)NC(=O)NC4=O)=NO3)cc2)c2ccccc2n1.O=C(O)C(F)(F)F.O=C(O)C(F)(F)F. The van der Waals surface area contributed by atoms with Crippen LogP contribution in [0.2, 0.25) is 0 Å². The number of morpholine rings is 1. The van der Waals surface area contributed by atoms with E-state index in [1.807, 2.05) is 49.4 Å². The van der Waals surface area contributed by atoms with Crippen LogP contribution in [0.25, 0.3) is 10.9 Å². The van der Waals surface area contributed by atoms with Gasteiger partial charge in [0.2, 0.25) is 0 Å². The Hall–Kier alpha value is -5.50. The number of benzene rings is 2. The van der Waals surface area contributed by atoms with E-state index in [4.69, 9.17) is 34.1 Å². The number of alkyl halides is 6. The van der Waals surface area contributed by atoms with Gasteiger partial charge in [-0.15, -0.1) is 0 Å². The Morgan fingerprint density at radius 3 is 2.09 bits per heavy atom. The summed E-state index contributed by atoms with van der Waals surface area (Å²) >= 11 is 0. The fraction of sp³-hybridized carbons (Fsp3) is 0.394. The first-order valence-electron chi connectivity index (χ1n) is 15.6. The van der Waals surface area contributed by atoms with Crippen LogP contribution in [0.4, 0.5) is 31.1 Å². The van der Waals surface area contributed by atoms with E-state index in [0.717, 1.165) is 46.6 Å². The van der Waals surface area contributed by atoms with Gasteiger partial charge < -0.3 is 29.8 Å². The molecule has 14 nitrogen and oxygen atoms in total. The van der Waals surface area contributed by atoms with Crippen LogP contribution in [0.15, 0.2) is 59.8 Å². The number of aromatic nitrogens is 1. The number of carbonyl (C=O) groups is 4. The average molecular weight is 758 g/mol. The van der Waals surface area contributed by atoms with Crippen LogP contribution < -0.4 is 15.4 Å². The Labute approximate surface area is 296 Å². The number of aliphatic carboxylic acids is 2. The fourth-order valence-electron chi connectivity index (χ4n) is 5.47. The monoisotopic (exact) mass is 757 g/mol. The molecule has 0 radical (unpaired) electrons. The number of urea groups is 1. The average Bonchev–Trinajstić information content (AvgIpc) is 3.64. The minimum absolute atomic E-state index is 0.358. The van der Waals surface area contributed by atoms with Gasteiger partial charge in [0.05, 0.1) is 24.4 Å². The van der Waals surface area contributed by atoms with Crippen molar-refractivity contribution in [2.24, 2.45) is 5.16 Å². The number of oxime groups is 1. The molecule has 2 atom stereocenters. The Kier molecular flexibility index (Phi) is 12.2. The van der Waals surface area contributed by atoms with Crippen LogP contribution in [0.5, 0.6) is 5.75 Å². The molecule has 0 saturated carbocycles. The predicted molar refractivity (Wildman–Crippen MR) is 172 cm³/mol. The molecule has 20 heteroatoms. The van der Waals surface area contributed by atoms with Crippen molar-refractivity contribution in [2.45, 2.75) is 50.4 Å². The number of ether oxygens (including phenoxy) is 2. The number of carboxylic acids is 2. The molecule has 3 amide bonds. The molecule has 0 spiro atoms. The third-order valence-corrected chi connectivity index (χ3v) is 8.18. The van der Waals surface area contributed by atoms with Crippen LogP contribution in [-0.4, -0.2) is 100 Å². The maximum Gasteiger partial charge on any atom is 0.490 e. The van der Waals surface area contributed by atoms with Gasteiger partial charge in [-0.25, -0.2) is 14.4 Å². The minimum atomic E-state index is -5.08. The molecule has 3 aromatic rings. The number of nitrogens with zero attached hydrogens (tertiary/aromatic N) is 3. The number of aryl methyl sites for hydroxylation is 1. The molecule has 2 fully saturated rings. The zero-order valence-corrected chi connectivity index (χ0v) is 28.0. The molecule has 53 heavy (non-hydrogen) atoms. The van der Waals surface area contributed by atoms with Gasteiger partial charge in [-0.05, 0) is 38.1 Å². The molecule has 0 aliphatic carbocycles. The number of carboxylic acid groups (broad SMARTS) is 2. The largest absolute Gasteiger partial charge is 0.490 e. The van der Waals surface area contributed by atoms with Gasteiger partial charge in [-0.3, -0.25) is 20.0 Å². The molecular formula is C33H33F6N5O9. The maximum absolute atomic E-state index is 12.6. The van der Waals surface area contributed by atoms with Crippen LogP contribution in [-0.2, 0) is 36.2 Å². The number of hydrogen-bond donors (Lipinski definition) is 4. The van der Waals surface area contributed by atoms with E-state index < -0.39 is 47.4 Å². The normalized spacial score (nSPS) is 21.5. The molecule has 1 aromatic heterocycles. The Morgan fingerprint density at radius 2 is 1.55 bits per heavy atom. The predicted octanol–water partition coefficient (Wildman–Crippen LogP) is 4.29. The lowest BCUT2D eigenvalue weighted by molar-refractivity contribution is -0.193. The van der Waals surface area contributed by atoms with Crippen molar-refractivity contribution in [3.63, 3.8) is 0 Å². The molecule has 3 aliphatic heterocycles. The molecule has 3 aliphatic rings. The topological polar surface area (TPSA) is 189 Å². The summed E-state index contributed by atoms with van der Waals surface area (Å²) in [5.74, 6) is -5.22. The van der Waals surface area contributed by atoms with Gasteiger partial charge in [-0.2, -0.15) is 26.3 Å². The van der Waals surface area contributed by atoms with E-state index >= 15 is 0 Å². The number of amides is 3. The number of hydrogen-bond acceptors (Lipinski definition) is 10. The highest BCUT2D eigenvalue weighted by atomic mass is 19.4. The van der Waals surface area contributed by atoms with Gasteiger partial charge in [0.1, 0.15) is 12.4 Å².